The molecule has 0 unspecified atom stereocenters. The van der Waals surface area contributed by atoms with E-state index in [0.29, 0.717) is 13.0 Å². The molecule has 1 aromatic carbocycles. The van der Waals surface area contributed by atoms with Crippen LogP contribution in [0.5, 0.6) is 5.75 Å². The summed E-state index contributed by atoms with van der Waals surface area (Å²) >= 11 is 0. The van der Waals surface area contributed by atoms with Gasteiger partial charge in [-0.1, -0.05) is 0 Å². The number of aryl methyl sites for hydroxylation is 3. The zero-order valence-corrected chi connectivity index (χ0v) is 17.0. The second-order valence-electron chi connectivity index (χ2n) is 7.65. The molecule has 1 amide bonds. The van der Waals surface area contributed by atoms with Crippen LogP contribution < -0.4 is 4.74 Å². The lowest BCUT2D eigenvalue weighted by molar-refractivity contribution is -0.132. The smallest absolute Gasteiger partial charge is 0.222 e. The summed E-state index contributed by atoms with van der Waals surface area (Å²) in [5.41, 5.74) is 3.77. The number of piperidine rings is 1. The van der Waals surface area contributed by atoms with Gasteiger partial charge in [-0.3, -0.25) is 14.7 Å². The van der Waals surface area contributed by atoms with Crippen molar-refractivity contribution >= 4 is 11.7 Å². The quantitative estimate of drug-likeness (QED) is 0.743. The maximum absolute atomic E-state index is 13.1. The van der Waals surface area contributed by atoms with E-state index in [1.807, 2.05) is 37.1 Å². The van der Waals surface area contributed by atoms with E-state index in [4.69, 9.17) is 4.74 Å². The fourth-order valence-electron chi connectivity index (χ4n) is 4.08. The molecule has 0 spiro atoms. The van der Waals surface area contributed by atoms with Crippen LogP contribution in [0.3, 0.4) is 0 Å². The first-order valence-electron chi connectivity index (χ1n) is 9.94. The summed E-state index contributed by atoms with van der Waals surface area (Å²) in [4.78, 5) is 27.5. The highest BCUT2D eigenvalue weighted by Crippen LogP contribution is 2.28. The molecule has 1 saturated heterocycles. The molecule has 6 heteroatoms. The zero-order chi connectivity index (χ0) is 20.1. The van der Waals surface area contributed by atoms with Gasteiger partial charge in [0.25, 0.3) is 0 Å². The SMILES string of the molecule is COc1c(C)cc(C(=O)[C@@H]2CCCN(C(=O)CCCc3cn[nH]c3)C2)cc1C. The Morgan fingerprint density at radius 3 is 2.68 bits per heavy atom. The predicted molar refractivity (Wildman–Crippen MR) is 108 cm³/mol. The topological polar surface area (TPSA) is 75.3 Å². The first-order valence-corrected chi connectivity index (χ1v) is 9.94. The van der Waals surface area contributed by atoms with E-state index in [1.165, 1.54) is 0 Å². The summed E-state index contributed by atoms with van der Waals surface area (Å²) in [6.07, 6.45) is 7.50. The van der Waals surface area contributed by atoms with Crippen LogP contribution in [0.15, 0.2) is 24.5 Å². The summed E-state index contributed by atoms with van der Waals surface area (Å²) in [7, 11) is 1.65. The maximum Gasteiger partial charge on any atom is 0.222 e. The number of nitrogens with zero attached hydrogens (tertiary/aromatic N) is 2. The summed E-state index contributed by atoms with van der Waals surface area (Å²) in [5.74, 6) is 0.973. The molecule has 6 nitrogen and oxygen atoms in total. The molecule has 150 valence electrons. The van der Waals surface area contributed by atoms with Gasteiger partial charge in [0.15, 0.2) is 5.78 Å². The molecule has 1 N–H and O–H groups in total. The van der Waals surface area contributed by atoms with Crippen molar-refractivity contribution in [1.29, 1.82) is 0 Å². The third-order valence-corrected chi connectivity index (χ3v) is 5.50. The van der Waals surface area contributed by atoms with Gasteiger partial charge in [0.1, 0.15) is 5.75 Å². The Kier molecular flexibility index (Phi) is 6.49. The number of ether oxygens (including phenoxy) is 1. The summed E-state index contributed by atoms with van der Waals surface area (Å²) in [6.45, 7) is 5.18. The normalized spacial score (nSPS) is 16.8. The fraction of sp³-hybridized carbons (Fsp3) is 0.500. The Labute approximate surface area is 166 Å². The number of methoxy groups -OCH3 is 1. The minimum atomic E-state index is -0.126. The van der Waals surface area contributed by atoms with Gasteiger partial charge in [-0.25, -0.2) is 0 Å². The van der Waals surface area contributed by atoms with Crippen LogP contribution >= 0.6 is 0 Å². The van der Waals surface area contributed by atoms with Crippen LogP contribution in [0.25, 0.3) is 0 Å². The Hall–Kier alpha value is -2.63. The van der Waals surface area contributed by atoms with Crippen molar-refractivity contribution in [3.63, 3.8) is 0 Å². The molecule has 28 heavy (non-hydrogen) atoms. The van der Waals surface area contributed by atoms with E-state index in [0.717, 1.165) is 60.2 Å². The van der Waals surface area contributed by atoms with E-state index < -0.39 is 0 Å². The third-order valence-electron chi connectivity index (χ3n) is 5.50. The fourth-order valence-corrected chi connectivity index (χ4v) is 4.08. The second kappa shape index (κ2) is 9.04. The van der Waals surface area contributed by atoms with E-state index in [9.17, 15) is 9.59 Å². The molecule has 2 heterocycles. The molecule has 0 saturated carbocycles. The summed E-state index contributed by atoms with van der Waals surface area (Å²) < 4.78 is 5.40. The number of aromatic amines is 1. The Morgan fingerprint density at radius 1 is 1.29 bits per heavy atom. The molecule has 1 aromatic heterocycles. The monoisotopic (exact) mass is 383 g/mol. The standard InChI is InChI=1S/C22H29N3O3/c1-15-10-19(11-16(2)22(15)28-3)21(27)18-7-5-9-25(14-18)20(26)8-4-6-17-12-23-24-13-17/h10-13,18H,4-9,14H2,1-3H3,(H,23,24)/t18-/m1/s1. The van der Waals surface area contributed by atoms with Crippen LogP contribution in [-0.4, -0.2) is 47.0 Å². The molecule has 0 bridgehead atoms. The number of H-pyrrole nitrogens is 1. The first-order chi connectivity index (χ1) is 13.5. The lowest BCUT2D eigenvalue weighted by Gasteiger charge is -2.32. The molecule has 2 aromatic rings. The van der Waals surface area contributed by atoms with Gasteiger partial charge in [-0.2, -0.15) is 5.10 Å². The summed E-state index contributed by atoms with van der Waals surface area (Å²) in [5, 5.41) is 6.71. The van der Waals surface area contributed by atoms with Gasteiger partial charge in [-0.15, -0.1) is 0 Å². The third kappa shape index (κ3) is 4.61. The van der Waals surface area contributed by atoms with Crippen molar-refractivity contribution in [1.82, 2.24) is 15.1 Å². The molecule has 3 rings (SSSR count). The van der Waals surface area contributed by atoms with Gasteiger partial charge in [-0.05, 0) is 68.4 Å². The lowest BCUT2D eigenvalue weighted by atomic mass is 9.88. The van der Waals surface area contributed by atoms with Crippen LogP contribution in [0.4, 0.5) is 0 Å². The number of rotatable bonds is 7. The number of carbonyl (C=O) groups is 2. The van der Waals surface area contributed by atoms with Crippen molar-refractivity contribution in [2.45, 2.75) is 46.0 Å². The maximum atomic E-state index is 13.1. The van der Waals surface area contributed by atoms with Gasteiger partial charge >= 0.3 is 0 Å². The zero-order valence-electron chi connectivity index (χ0n) is 17.0. The molecule has 1 aliphatic rings. The van der Waals surface area contributed by atoms with E-state index in [-0.39, 0.29) is 17.6 Å². The number of hydrogen-bond acceptors (Lipinski definition) is 4. The molecular weight excluding hydrogens is 354 g/mol. The lowest BCUT2D eigenvalue weighted by Crippen LogP contribution is -2.42. The number of carbonyl (C=O) groups excluding carboxylic acids is 2. The molecular formula is C22H29N3O3. The highest BCUT2D eigenvalue weighted by atomic mass is 16.5. The number of hydrogen-bond donors (Lipinski definition) is 1. The first kappa shape index (κ1) is 20.1. The minimum absolute atomic E-state index is 0.126. The average Bonchev–Trinajstić information content (AvgIpc) is 3.20. The van der Waals surface area contributed by atoms with E-state index in [2.05, 4.69) is 10.2 Å². The number of ketones is 1. The average molecular weight is 383 g/mol. The second-order valence-corrected chi connectivity index (χ2v) is 7.65. The number of amides is 1. The Balaban J connectivity index is 1.59. The Bertz CT molecular complexity index is 807. The van der Waals surface area contributed by atoms with Gasteiger partial charge in [0.05, 0.1) is 13.3 Å². The highest BCUT2D eigenvalue weighted by molar-refractivity contribution is 5.99. The molecule has 1 atom stereocenters. The largest absolute Gasteiger partial charge is 0.496 e. The Morgan fingerprint density at radius 2 is 2.04 bits per heavy atom. The van der Waals surface area contributed by atoms with Gasteiger partial charge in [0.2, 0.25) is 5.91 Å². The number of aromatic nitrogens is 2. The van der Waals surface area contributed by atoms with Crippen LogP contribution in [-0.2, 0) is 11.2 Å². The van der Waals surface area contributed by atoms with Gasteiger partial charge < -0.3 is 9.64 Å². The molecule has 0 aliphatic carbocycles. The van der Waals surface area contributed by atoms with Gasteiger partial charge in [0, 0.05) is 37.2 Å². The minimum Gasteiger partial charge on any atom is -0.496 e. The van der Waals surface area contributed by atoms with Crippen molar-refractivity contribution in [2.24, 2.45) is 5.92 Å². The number of benzene rings is 1. The number of Topliss-reactive ketones (excluding diaryl/α,β-unsaturated/α-hetero) is 1. The van der Waals surface area contributed by atoms with Crippen LogP contribution in [0.1, 0.15) is 52.7 Å². The summed E-state index contributed by atoms with van der Waals surface area (Å²) in [6, 6.07) is 3.81. The van der Waals surface area contributed by atoms with Crippen molar-refractivity contribution < 1.29 is 14.3 Å². The van der Waals surface area contributed by atoms with Crippen molar-refractivity contribution in [2.75, 3.05) is 20.2 Å². The number of nitrogens with one attached hydrogen (secondary N) is 1. The predicted octanol–water partition coefficient (Wildman–Crippen LogP) is 3.48. The molecule has 0 radical (unpaired) electrons. The number of likely N-dealkylation sites (tertiary alicyclic amines) is 1. The molecule has 1 fully saturated rings. The van der Waals surface area contributed by atoms with Crippen molar-refractivity contribution in [3.05, 3.63) is 46.8 Å². The van der Waals surface area contributed by atoms with Crippen LogP contribution in [0.2, 0.25) is 0 Å². The van der Waals surface area contributed by atoms with Crippen molar-refractivity contribution in [3.8, 4) is 5.75 Å². The highest BCUT2D eigenvalue weighted by Gasteiger charge is 2.29. The van der Waals surface area contributed by atoms with Crippen LogP contribution in [0, 0.1) is 19.8 Å². The van der Waals surface area contributed by atoms with E-state index >= 15 is 0 Å². The van der Waals surface area contributed by atoms with E-state index in [1.54, 1.807) is 13.3 Å². The molecule has 1 aliphatic heterocycles.